The highest BCUT2D eigenvalue weighted by atomic mass is 32.1. The summed E-state index contributed by atoms with van der Waals surface area (Å²) in [6.45, 7) is 3.46. The van der Waals surface area contributed by atoms with Gasteiger partial charge >= 0.3 is 5.97 Å². The molecule has 28 heavy (non-hydrogen) atoms. The van der Waals surface area contributed by atoms with Crippen molar-refractivity contribution in [3.05, 3.63) is 87.1 Å². The predicted octanol–water partition coefficient (Wildman–Crippen LogP) is 4.66. The lowest BCUT2D eigenvalue weighted by molar-refractivity contribution is 0.0474. The fourth-order valence-corrected chi connectivity index (χ4v) is 3.36. The quantitative estimate of drug-likeness (QED) is 0.488. The van der Waals surface area contributed by atoms with Gasteiger partial charge in [0.05, 0.1) is 10.4 Å². The first-order valence-electron chi connectivity index (χ1n) is 8.66. The molecule has 3 aromatic rings. The number of nitrogens with one attached hydrogen (secondary N) is 1. The fraction of sp³-hybridized carbons (Fsp3) is 0.136. The summed E-state index contributed by atoms with van der Waals surface area (Å²) in [5, 5.41) is 4.55. The molecule has 1 amide bonds. The zero-order valence-electron chi connectivity index (χ0n) is 15.5. The average Bonchev–Trinajstić information content (AvgIpc) is 3.21. The molecule has 0 spiro atoms. The van der Waals surface area contributed by atoms with E-state index < -0.39 is 5.97 Å². The van der Waals surface area contributed by atoms with Gasteiger partial charge in [-0.1, -0.05) is 35.9 Å². The van der Waals surface area contributed by atoms with Crippen LogP contribution in [0, 0.1) is 13.8 Å². The zero-order valence-corrected chi connectivity index (χ0v) is 16.3. The summed E-state index contributed by atoms with van der Waals surface area (Å²) in [5.74, 6) is -1.12. The number of carbonyl (C=O) groups excluding carboxylic acids is 3. The van der Waals surface area contributed by atoms with E-state index in [2.05, 4.69) is 5.32 Å². The molecule has 5 nitrogen and oxygen atoms in total. The lowest BCUT2D eigenvalue weighted by Gasteiger charge is -2.09. The van der Waals surface area contributed by atoms with Crippen LogP contribution >= 0.6 is 11.3 Å². The minimum absolute atomic E-state index is 0.245. The highest BCUT2D eigenvalue weighted by Gasteiger charge is 2.15. The van der Waals surface area contributed by atoms with Crippen LogP contribution in [0.4, 0.5) is 5.69 Å². The standard InChI is InChI=1S/C22H19NO4S/c1-14-8-9-18(15(2)11-14)19(24)13-27-22(26)16-5-3-6-17(12-16)23-21(25)20-7-4-10-28-20/h3-12H,13H2,1-2H3,(H,23,25). The van der Waals surface area contributed by atoms with Gasteiger partial charge in [-0.3, -0.25) is 9.59 Å². The van der Waals surface area contributed by atoms with E-state index in [1.807, 2.05) is 31.4 Å². The number of esters is 1. The molecule has 0 saturated carbocycles. The molecule has 0 saturated heterocycles. The second-order valence-corrected chi connectivity index (χ2v) is 7.28. The van der Waals surface area contributed by atoms with Gasteiger partial charge in [0, 0.05) is 11.3 Å². The van der Waals surface area contributed by atoms with Crippen LogP contribution in [-0.2, 0) is 4.74 Å². The number of ketones is 1. The third kappa shape index (κ3) is 4.72. The predicted molar refractivity (Wildman–Crippen MR) is 109 cm³/mol. The van der Waals surface area contributed by atoms with Crippen molar-refractivity contribution in [2.45, 2.75) is 13.8 Å². The number of rotatable bonds is 6. The number of hydrogen-bond donors (Lipinski definition) is 1. The maximum atomic E-state index is 12.3. The number of Topliss-reactive ketones (excluding diaryl/α,β-unsaturated/α-hetero) is 1. The second-order valence-electron chi connectivity index (χ2n) is 6.33. The molecule has 0 radical (unpaired) electrons. The lowest BCUT2D eigenvalue weighted by atomic mass is 10.0. The van der Waals surface area contributed by atoms with Crippen LogP contribution in [0.5, 0.6) is 0 Å². The van der Waals surface area contributed by atoms with E-state index in [0.29, 0.717) is 16.1 Å². The third-order valence-electron chi connectivity index (χ3n) is 4.12. The van der Waals surface area contributed by atoms with E-state index in [9.17, 15) is 14.4 Å². The van der Waals surface area contributed by atoms with Gasteiger partial charge in [-0.05, 0) is 49.1 Å². The second kappa shape index (κ2) is 8.63. The Labute approximate surface area is 167 Å². The van der Waals surface area contributed by atoms with Crippen molar-refractivity contribution in [2.75, 3.05) is 11.9 Å². The highest BCUT2D eigenvalue weighted by molar-refractivity contribution is 7.12. The number of benzene rings is 2. The minimum atomic E-state index is -0.620. The summed E-state index contributed by atoms with van der Waals surface area (Å²) >= 11 is 1.33. The van der Waals surface area contributed by atoms with Crippen LogP contribution in [0.3, 0.4) is 0 Å². The first-order chi connectivity index (χ1) is 13.4. The smallest absolute Gasteiger partial charge is 0.338 e. The van der Waals surface area contributed by atoms with Crippen LogP contribution in [0.1, 0.15) is 41.5 Å². The molecule has 0 aliphatic carbocycles. The van der Waals surface area contributed by atoms with E-state index in [-0.39, 0.29) is 23.9 Å². The summed E-state index contributed by atoms with van der Waals surface area (Å²) in [5.41, 5.74) is 3.19. The molecule has 1 aromatic heterocycles. The number of thiophene rings is 1. The Morgan fingerprint density at radius 1 is 1.00 bits per heavy atom. The van der Waals surface area contributed by atoms with E-state index in [1.54, 1.807) is 36.4 Å². The summed E-state index contributed by atoms with van der Waals surface area (Å²) in [6.07, 6.45) is 0. The third-order valence-corrected chi connectivity index (χ3v) is 4.99. The summed E-state index contributed by atoms with van der Waals surface area (Å²) < 4.78 is 5.16. The van der Waals surface area contributed by atoms with Crippen molar-refractivity contribution in [3.8, 4) is 0 Å². The van der Waals surface area contributed by atoms with E-state index in [1.165, 1.54) is 17.4 Å². The van der Waals surface area contributed by atoms with E-state index in [4.69, 9.17) is 4.74 Å². The fourth-order valence-electron chi connectivity index (χ4n) is 2.74. The number of hydrogen-bond acceptors (Lipinski definition) is 5. The number of amides is 1. The van der Waals surface area contributed by atoms with Crippen molar-refractivity contribution < 1.29 is 19.1 Å². The lowest BCUT2D eigenvalue weighted by Crippen LogP contribution is -2.16. The maximum absolute atomic E-state index is 12.3. The number of anilines is 1. The van der Waals surface area contributed by atoms with Gasteiger partial charge in [-0.2, -0.15) is 0 Å². The molecule has 142 valence electrons. The van der Waals surface area contributed by atoms with Crippen molar-refractivity contribution in [1.82, 2.24) is 0 Å². The molecule has 0 atom stereocenters. The summed E-state index contributed by atoms with van der Waals surface area (Å²) in [4.78, 5) is 37.3. The van der Waals surface area contributed by atoms with Gasteiger partial charge in [0.15, 0.2) is 6.61 Å². The summed E-state index contributed by atoms with van der Waals surface area (Å²) in [7, 11) is 0. The zero-order chi connectivity index (χ0) is 20.1. The topological polar surface area (TPSA) is 72.5 Å². The Kier molecular flexibility index (Phi) is 6.01. The molecule has 0 unspecified atom stereocenters. The molecule has 2 aromatic carbocycles. The molecular formula is C22H19NO4S. The summed E-state index contributed by atoms with van der Waals surface area (Å²) in [6, 6.07) is 15.4. The molecule has 6 heteroatoms. The van der Waals surface area contributed by atoms with Crippen molar-refractivity contribution in [3.63, 3.8) is 0 Å². The number of ether oxygens (including phenoxy) is 1. The van der Waals surface area contributed by atoms with Gasteiger partial charge in [-0.25, -0.2) is 4.79 Å². The maximum Gasteiger partial charge on any atom is 0.338 e. The first kappa shape index (κ1) is 19.5. The molecule has 0 bridgehead atoms. The Hall–Kier alpha value is -3.25. The van der Waals surface area contributed by atoms with Crippen LogP contribution in [0.15, 0.2) is 60.0 Å². The Morgan fingerprint density at radius 3 is 2.54 bits per heavy atom. The molecule has 0 fully saturated rings. The molecular weight excluding hydrogens is 374 g/mol. The normalized spacial score (nSPS) is 10.4. The molecule has 1 heterocycles. The Bertz CT molecular complexity index is 1020. The largest absolute Gasteiger partial charge is 0.454 e. The van der Waals surface area contributed by atoms with Crippen molar-refractivity contribution in [1.29, 1.82) is 0 Å². The van der Waals surface area contributed by atoms with Crippen molar-refractivity contribution in [2.24, 2.45) is 0 Å². The number of carbonyl (C=O) groups is 3. The van der Waals surface area contributed by atoms with Gasteiger partial charge in [0.25, 0.3) is 5.91 Å². The van der Waals surface area contributed by atoms with Gasteiger partial charge in [0.2, 0.25) is 5.78 Å². The van der Waals surface area contributed by atoms with Gasteiger partial charge in [0.1, 0.15) is 0 Å². The number of aryl methyl sites for hydroxylation is 2. The van der Waals surface area contributed by atoms with Crippen LogP contribution in [0.25, 0.3) is 0 Å². The van der Waals surface area contributed by atoms with E-state index in [0.717, 1.165) is 11.1 Å². The molecule has 0 aliphatic heterocycles. The minimum Gasteiger partial charge on any atom is -0.454 e. The Balaban J connectivity index is 1.63. The Morgan fingerprint density at radius 2 is 1.82 bits per heavy atom. The molecule has 1 N–H and O–H groups in total. The van der Waals surface area contributed by atoms with Crippen LogP contribution < -0.4 is 5.32 Å². The van der Waals surface area contributed by atoms with Crippen molar-refractivity contribution >= 4 is 34.7 Å². The highest BCUT2D eigenvalue weighted by Crippen LogP contribution is 2.16. The van der Waals surface area contributed by atoms with Crippen LogP contribution in [-0.4, -0.2) is 24.3 Å². The monoisotopic (exact) mass is 393 g/mol. The van der Waals surface area contributed by atoms with Crippen LogP contribution in [0.2, 0.25) is 0 Å². The molecule has 3 rings (SSSR count). The van der Waals surface area contributed by atoms with Gasteiger partial charge in [-0.15, -0.1) is 11.3 Å². The molecule has 0 aliphatic rings. The average molecular weight is 393 g/mol. The van der Waals surface area contributed by atoms with E-state index >= 15 is 0 Å². The SMILES string of the molecule is Cc1ccc(C(=O)COC(=O)c2cccc(NC(=O)c3cccs3)c2)c(C)c1. The van der Waals surface area contributed by atoms with Gasteiger partial charge < -0.3 is 10.1 Å². The first-order valence-corrected chi connectivity index (χ1v) is 9.54.